The van der Waals surface area contributed by atoms with Crippen LogP contribution in [0.4, 0.5) is 13.2 Å². The first kappa shape index (κ1) is 48.0. The molecule has 10 aromatic carbocycles. The third kappa shape index (κ3) is 8.43. The van der Waals surface area contributed by atoms with Crippen LogP contribution >= 0.6 is 0 Å². The van der Waals surface area contributed by atoms with Crippen molar-refractivity contribution >= 4 is 43.6 Å². The van der Waals surface area contributed by atoms with Gasteiger partial charge in [0.05, 0.1) is 50.6 Å². The summed E-state index contributed by atoms with van der Waals surface area (Å²) in [5.74, 6) is 0. The Morgan fingerprint density at radius 1 is 0.342 bits per heavy atom. The highest BCUT2D eigenvalue weighted by molar-refractivity contribution is 6.14. The van der Waals surface area contributed by atoms with Gasteiger partial charge in [0.15, 0.2) is 0 Å². The first-order valence-electron chi connectivity index (χ1n) is 25.7. The van der Waals surface area contributed by atoms with E-state index in [1.54, 1.807) is 24.3 Å². The van der Waals surface area contributed by atoms with Gasteiger partial charge in [-0.25, -0.2) is 0 Å². The third-order valence-corrected chi connectivity index (χ3v) is 15.0. The Labute approximate surface area is 441 Å². The average molecular weight is 994 g/mol. The summed E-state index contributed by atoms with van der Waals surface area (Å²) in [6, 6.07) is 63.6. The van der Waals surface area contributed by atoms with Crippen molar-refractivity contribution in [1.29, 1.82) is 5.26 Å². The SMILES string of the molecule is Cc1cc(C)cc(-c2ccc3c4ccc(-c5cc(C)cc(C)c5)cc4n(-c4cc(C#N)cc(-n5c6cc(-c7cc(C)cc(C)c7)ccc6c6ccc(-c7cc(C)cc(C)c7)cc65)c4-c4ccccc4C(F)(F)F)c3c2)c1. The van der Waals surface area contributed by atoms with Gasteiger partial charge < -0.3 is 9.13 Å². The van der Waals surface area contributed by atoms with E-state index in [0.29, 0.717) is 22.5 Å². The molecule has 76 heavy (non-hydrogen) atoms. The molecule has 0 spiro atoms. The van der Waals surface area contributed by atoms with Gasteiger partial charge in [0.25, 0.3) is 0 Å². The predicted molar refractivity (Wildman–Crippen MR) is 310 cm³/mol. The van der Waals surface area contributed by atoms with E-state index in [1.165, 1.54) is 12.1 Å². The monoisotopic (exact) mass is 993 g/mol. The number of aryl methyl sites for hydroxylation is 8. The highest BCUT2D eigenvalue weighted by atomic mass is 19.4. The second kappa shape index (κ2) is 18.2. The molecule has 2 heterocycles. The zero-order chi connectivity index (χ0) is 52.9. The van der Waals surface area contributed by atoms with Crippen LogP contribution in [0.3, 0.4) is 0 Å². The van der Waals surface area contributed by atoms with Crippen LogP contribution in [-0.2, 0) is 6.18 Å². The summed E-state index contributed by atoms with van der Waals surface area (Å²) >= 11 is 0. The van der Waals surface area contributed by atoms with Crippen LogP contribution in [0.15, 0.2) is 182 Å². The minimum Gasteiger partial charge on any atom is -0.308 e. The molecule has 0 N–H and O–H groups in total. The molecule has 370 valence electrons. The van der Waals surface area contributed by atoms with Crippen LogP contribution in [0.2, 0.25) is 0 Å². The number of benzene rings is 10. The lowest BCUT2D eigenvalue weighted by atomic mass is 9.93. The van der Waals surface area contributed by atoms with Crippen molar-refractivity contribution in [2.45, 2.75) is 61.6 Å². The Morgan fingerprint density at radius 2 is 0.632 bits per heavy atom. The number of rotatable bonds is 7. The fourth-order valence-corrected chi connectivity index (χ4v) is 12.1. The smallest absolute Gasteiger partial charge is 0.308 e. The highest BCUT2D eigenvalue weighted by Crippen LogP contribution is 2.48. The van der Waals surface area contributed by atoms with Crippen LogP contribution in [0.25, 0.3) is 111 Å². The van der Waals surface area contributed by atoms with Gasteiger partial charge in [0.1, 0.15) is 0 Å². The van der Waals surface area contributed by atoms with E-state index in [9.17, 15) is 5.26 Å². The standard InChI is InChI=1S/C70H54F3N3/c1-40-21-41(2)26-53(25-40)49-13-17-57-58-18-14-50(54-27-42(3)22-43(4)28-54)36-64(58)75(63(57)35-49)67-33-48(39-74)34-68(69(67)61-11-9-10-12-62(61)70(71,72)73)76-65-37-51(55-29-44(5)23-45(6)30-55)15-19-59(65)60-20-16-52(38-66(60)76)56-31-46(7)24-47(8)32-56/h9-38H,1-8H3. The summed E-state index contributed by atoms with van der Waals surface area (Å²) in [6.45, 7) is 16.7. The molecule has 0 amide bonds. The summed E-state index contributed by atoms with van der Waals surface area (Å²) in [6.07, 6.45) is -4.74. The Hall–Kier alpha value is -8.92. The first-order chi connectivity index (χ1) is 36.5. The van der Waals surface area contributed by atoms with Crippen molar-refractivity contribution in [2.75, 3.05) is 0 Å². The molecule has 0 atom stereocenters. The summed E-state index contributed by atoms with van der Waals surface area (Å²) in [5.41, 5.74) is 20.9. The van der Waals surface area contributed by atoms with Gasteiger partial charge in [-0.15, -0.1) is 0 Å². The molecule has 0 aliphatic heterocycles. The van der Waals surface area contributed by atoms with E-state index in [0.717, 1.165) is 133 Å². The molecule has 12 rings (SSSR count). The van der Waals surface area contributed by atoms with Gasteiger partial charge >= 0.3 is 6.18 Å². The number of alkyl halides is 3. The maximum atomic E-state index is 16.0. The normalized spacial score (nSPS) is 11.9. The van der Waals surface area contributed by atoms with Crippen molar-refractivity contribution in [3.63, 3.8) is 0 Å². The lowest BCUT2D eigenvalue weighted by molar-refractivity contribution is -0.137. The fourth-order valence-electron chi connectivity index (χ4n) is 12.1. The quantitative estimate of drug-likeness (QED) is 0.157. The second-order valence-electron chi connectivity index (χ2n) is 21.1. The average Bonchev–Trinajstić information content (AvgIpc) is 3.94. The van der Waals surface area contributed by atoms with Gasteiger partial charge in [-0.05, 0) is 148 Å². The topological polar surface area (TPSA) is 33.6 Å². The molecular formula is C70H54F3N3. The summed E-state index contributed by atoms with van der Waals surface area (Å²) in [4.78, 5) is 0. The molecular weight excluding hydrogens is 940 g/mol. The van der Waals surface area contributed by atoms with Crippen LogP contribution in [0, 0.1) is 66.7 Å². The molecule has 0 saturated carbocycles. The van der Waals surface area contributed by atoms with Crippen LogP contribution in [-0.4, -0.2) is 9.13 Å². The van der Waals surface area contributed by atoms with Gasteiger partial charge in [-0.3, -0.25) is 0 Å². The Balaban J connectivity index is 1.28. The van der Waals surface area contributed by atoms with Gasteiger partial charge in [0.2, 0.25) is 0 Å². The Bertz CT molecular complexity index is 3890. The van der Waals surface area contributed by atoms with E-state index < -0.39 is 11.7 Å². The number of fused-ring (bicyclic) bond motifs is 6. The summed E-state index contributed by atoms with van der Waals surface area (Å²) < 4.78 is 52.2. The maximum Gasteiger partial charge on any atom is 0.417 e. The zero-order valence-corrected chi connectivity index (χ0v) is 43.8. The zero-order valence-electron chi connectivity index (χ0n) is 43.8. The number of aromatic nitrogens is 2. The molecule has 0 aliphatic carbocycles. The van der Waals surface area contributed by atoms with Crippen LogP contribution < -0.4 is 0 Å². The van der Waals surface area contributed by atoms with Crippen molar-refractivity contribution in [3.8, 4) is 73.1 Å². The lowest BCUT2D eigenvalue weighted by Crippen LogP contribution is -2.11. The second-order valence-corrected chi connectivity index (χ2v) is 21.1. The minimum atomic E-state index is -4.74. The lowest BCUT2D eigenvalue weighted by Gasteiger charge is -2.23. The fraction of sp³-hybridized carbons (Fsp3) is 0.129. The van der Waals surface area contributed by atoms with E-state index in [2.05, 4.69) is 216 Å². The van der Waals surface area contributed by atoms with Gasteiger partial charge in [-0.1, -0.05) is 184 Å². The van der Waals surface area contributed by atoms with E-state index in [4.69, 9.17) is 0 Å². The molecule has 0 aliphatic rings. The third-order valence-electron chi connectivity index (χ3n) is 15.0. The van der Waals surface area contributed by atoms with Crippen LogP contribution in [0.5, 0.6) is 0 Å². The van der Waals surface area contributed by atoms with Crippen molar-refractivity contribution in [1.82, 2.24) is 9.13 Å². The molecule has 3 nitrogen and oxygen atoms in total. The number of halogens is 3. The van der Waals surface area contributed by atoms with E-state index >= 15 is 13.2 Å². The number of hydrogen-bond donors (Lipinski definition) is 0. The Kier molecular flexibility index (Phi) is 11.5. The largest absolute Gasteiger partial charge is 0.417 e. The molecule has 0 unspecified atom stereocenters. The molecule has 0 fully saturated rings. The molecule has 0 bridgehead atoms. The molecule has 0 saturated heterocycles. The predicted octanol–water partition coefficient (Wildman–Crippen LogP) is 19.6. The van der Waals surface area contributed by atoms with E-state index in [1.807, 2.05) is 0 Å². The number of nitriles is 1. The number of hydrogen-bond acceptors (Lipinski definition) is 1. The van der Waals surface area contributed by atoms with Crippen molar-refractivity contribution in [3.05, 3.63) is 238 Å². The first-order valence-corrected chi connectivity index (χ1v) is 25.7. The van der Waals surface area contributed by atoms with Gasteiger partial charge in [-0.2, -0.15) is 18.4 Å². The van der Waals surface area contributed by atoms with Crippen molar-refractivity contribution < 1.29 is 13.2 Å². The van der Waals surface area contributed by atoms with Crippen LogP contribution in [0.1, 0.15) is 55.6 Å². The molecule has 2 aromatic heterocycles. The minimum absolute atomic E-state index is 0.00124. The van der Waals surface area contributed by atoms with E-state index in [-0.39, 0.29) is 5.56 Å². The summed E-state index contributed by atoms with van der Waals surface area (Å²) in [5, 5.41) is 15.0. The molecule has 6 heteroatoms. The Morgan fingerprint density at radius 3 is 0.908 bits per heavy atom. The van der Waals surface area contributed by atoms with Gasteiger partial charge in [0, 0.05) is 27.1 Å². The highest BCUT2D eigenvalue weighted by Gasteiger charge is 2.36. The summed E-state index contributed by atoms with van der Waals surface area (Å²) in [7, 11) is 0. The molecule has 0 radical (unpaired) electrons. The molecule has 12 aromatic rings. The number of nitrogens with zero attached hydrogens (tertiary/aromatic N) is 3. The van der Waals surface area contributed by atoms with Crippen molar-refractivity contribution in [2.24, 2.45) is 0 Å². The maximum absolute atomic E-state index is 16.0.